The highest BCUT2D eigenvalue weighted by atomic mass is 17.2. The molecule has 0 spiro atoms. The smallest absolute Gasteiger partial charge is 0.250 e. The van der Waals surface area contributed by atoms with Crippen LogP contribution in [0, 0.1) is 5.41 Å². The summed E-state index contributed by atoms with van der Waals surface area (Å²) in [6, 6.07) is 0. The highest BCUT2D eigenvalue weighted by Crippen LogP contribution is 1.99. The van der Waals surface area contributed by atoms with Crippen molar-refractivity contribution >= 4 is 5.96 Å². The maximum Gasteiger partial charge on any atom is 0.250 e. The van der Waals surface area contributed by atoms with E-state index in [1.165, 1.54) is 6.26 Å². The molecule has 1 heterocycles. The molecule has 0 radical (unpaired) electrons. The van der Waals surface area contributed by atoms with Gasteiger partial charge in [-0.05, 0) is 6.08 Å². The van der Waals surface area contributed by atoms with Crippen molar-refractivity contribution in [3.05, 3.63) is 24.3 Å². The van der Waals surface area contributed by atoms with Gasteiger partial charge in [0.25, 0.3) is 5.88 Å². The van der Waals surface area contributed by atoms with E-state index in [1.807, 2.05) is 0 Å². The zero-order valence-electron chi connectivity index (χ0n) is 5.13. The van der Waals surface area contributed by atoms with E-state index in [4.69, 9.17) is 11.1 Å². The summed E-state index contributed by atoms with van der Waals surface area (Å²) in [4.78, 5) is 8.95. The van der Waals surface area contributed by atoms with Gasteiger partial charge in [-0.15, -0.1) is 0 Å². The molecule has 0 atom stereocenters. The fourth-order valence-electron chi connectivity index (χ4n) is 0.461. The Morgan fingerprint density at radius 1 is 1.70 bits per heavy atom. The molecule has 1 rings (SSSR count). The largest absolute Gasteiger partial charge is 0.370 e. The predicted molar refractivity (Wildman–Crippen MR) is 34.4 cm³/mol. The SMILES string of the molecule is N=C(N)NC1=CC=COO1. The molecule has 5 nitrogen and oxygen atoms in total. The van der Waals surface area contributed by atoms with Gasteiger partial charge in [-0.3, -0.25) is 20.5 Å². The Hall–Kier alpha value is -1.65. The van der Waals surface area contributed by atoms with E-state index in [-0.39, 0.29) is 5.96 Å². The number of nitrogens with one attached hydrogen (secondary N) is 2. The van der Waals surface area contributed by atoms with E-state index >= 15 is 0 Å². The minimum atomic E-state index is -0.190. The van der Waals surface area contributed by atoms with Crippen LogP contribution in [-0.4, -0.2) is 5.96 Å². The van der Waals surface area contributed by atoms with Crippen LogP contribution in [-0.2, 0) is 9.78 Å². The molecule has 0 aromatic heterocycles. The van der Waals surface area contributed by atoms with Gasteiger partial charge < -0.3 is 5.73 Å². The first kappa shape index (κ1) is 6.47. The quantitative estimate of drug-likeness (QED) is 0.268. The van der Waals surface area contributed by atoms with Crippen LogP contribution in [0.1, 0.15) is 0 Å². The number of hydrogen-bond donors (Lipinski definition) is 3. The van der Waals surface area contributed by atoms with E-state index in [2.05, 4.69) is 15.1 Å². The van der Waals surface area contributed by atoms with Crippen LogP contribution < -0.4 is 11.1 Å². The molecule has 0 unspecified atom stereocenters. The summed E-state index contributed by atoms with van der Waals surface area (Å²) in [5.41, 5.74) is 4.99. The van der Waals surface area contributed by atoms with Crippen molar-refractivity contribution < 1.29 is 9.78 Å². The lowest BCUT2D eigenvalue weighted by atomic mass is 10.5. The van der Waals surface area contributed by atoms with Crippen LogP contribution in [0.4, 0.5) is 0 Å². The zero-order chi connectivity index (χ0) is 7.40. The van der Waals surface area contributed by atoms with Crippen LogP contribution in [0.2, 0.25) is 0 Å². The number of allylic oxidation sites excluding steroid dienone is 2. The Morgan fingerprint density at radius 2 is 2.50 bits per heavy atom. The summed E-state index contributed by atoms with van der Waals surface area (Å²) in [6.45, 7) is 0. The fourth-order valence-corrected chi connectivity index (χ4v) is 0.461. The van der Waals surface area contributed by atoms with Crippen LogP contribution >= 0.6 is 0 Å². The van der Waals surface area contributed by atoms with Gasteiger partial charge >= 0.3 is 0 Å². The average Bonchev–Trinajstić information content (AvgIpc) is 1.88. The molecule has 0 aromatic rings. The maximum atomic E-state index is 6.80. The second-order valence-corrected chi connectivity index (χ2v) is 1.58. The molecular weight excluding hydrogens is 134 g/mol. The highest BCUT2D eigenvalue weighted by molar-refractivity contribution is 5.75. The molecule has 0 aliphatic carbocycles. The molecule has 0 bridgehead atoms. The van der Waals surface area contributed by atoms with E-state index in [9.17, 15) is 0 Å². The highest BCUT2D eigenvalue weighted by Gasteiger charge is 2.00. The lowest BCUT2D eigenvalue weighted by molar-refractivity contribution is -0.217. The molecule has 1 aliphatic heterocycles. The van der Waals surface area contributed by atoms with E-state index in [1.54, 1.807) is 12.2 Å². The fraction of sp³-hybridized carbons (Fsp3) is 0. The number of rotatable bonds is 1. The molecule has 0 amide bonds. The lowest BCUT2D eigenvalue weighted by Gasteiger charge is -2.09. The van der Waals surface area contributed by atoms with E-state index in [0.29, 0.717) is 5.88 Å². The van der Waals surface area contributed by atoms with Gasteiger partial charge in [0.05, 0.1) is 0 Å². The van der Waals surface area contributed by atoms with Crippen molar-refractivity contribution in [1.29, 1.82) is 5.41 Å². The third-order valence-electron chi connectivity index (χ3n) is 0.777. The topological polar surface area (TPSA) is 80.4 Å². The molecule has 0 saturated heterocycles. The number of hydrogen-bond acceptors (Lipinski definition) is 3. The molecule has 4 N–H and O–H groups in total. The minimum absolute atomic E-state index is 0.190. The summed E-state index contributed by atoms with van der Waals surface area (Å²) in [7, 11) is 0. The standard InChI is InChI=1S/C5H7N3O2/c6-5(7)8-4-2-1-3-9-10-4/h1-3H,(H4,6,7,8). The second kappa shape index (κ2) is 2.77. The summed E-state index contributed by atoms with van der Waals surface area (Å²) in [6.07, 6.45) is 4.57. The number of nitrogens with two attached hydrogens (primary N) is 1. The van der Waals surface area contributed by atoms with Gasteiger partial charge in [-0.2, -0.15) is 0 Å². The molecule has 10 heavy (non-hydrogen) atoms. The molecule has 0 fully saturated rings. The van der Waals surface area contributed by atoms with Gasteiger partial charge in [-0.25, -0.2) is 0 Å². The van der Waals surface area contributed by atoms with Crippen LogP contribution in [0.15, 0.2) is 24.3 Å². The Labute approximate surface area is 57.5 Å². The summed E-state index contributed by atoms with van der Waals surface area (Å²) >= 11 is 0. The average molecular weight is 141 g/mol. The van der Waals surface area contributed by atoms with Gasteiger partial charge in [-0.1, -0.05) is 0 Å². The third kappa shape index (κ3) is 1.70. The maximum absolute atomic E-state index is 6.80. The molecule has 5 heteroatoms. The van der Waals surface area contributed by atoms with E-state index in [0.717, 1.165) is 0 Å². The minimum Gasteiger partial charge on any atom is -0.370 e. The summed E-state index contributed by atoms with van der Waals surface area (Å²) < 4.78 is 0. The zero-order valence-corrected chi connectivity index (χ0v) is 5.13. The van der Waals surface area contributed by atoms with Crippen LogP contribution in [0.25, 0.3) is 0 Å². The van der Waals surface area contributed by atoms with E-state index < -0.39 is 0 Å². The first-order valence-corrected chi connectivity index (χ1v) is 2.60. The molecule has 0 saturated carbocycles. The van der Waals surface area contributed by atoms with Crippen LogP contribution in [0.5, 0.6) is 0 Å². The Bertz CT molecular complexity index is 197. The molecule has 1 aliphatic rings. The molecular formula is C5H7N3O2. The van der Waals surface area contributed by atoms with Crippen molar-refractivity contribution in [2.24, 2.45) is 5.73 Å². The summed E-state index contributed by atoms with van der Waals surface area (Å²) in [5, 5.41) is 9.20. The third-order valence-corrected chi connectivity index (χ3v) is 0.777. The second-order valence-electron chi connectivity index (χ2n) is 1.58. The van der Waals surface area contributed by atoms with Gasteiger partial charge in [0.2, 0.25) is 0 Å². The Kier molecular flexibility index (Phi) is 1.79. The summed E-state index contributed by atoms with van der Waals surface area (Å²) in [5.74, 6) is 0.111. The predicted octanol–water partition coefficient (Wildman–Crippen LogP) is -0.214. The van der Waals surface area contributed by atoms with Crippen LogP contribution in [0.3, 0.4) is 0 Å². The Balaban J connectivity index is 2.47. The normalized spacial score (nSPS) is 14.6. The first-order valence-electron chi connectivity index (χ1n) is 2.60. The van der Waals surface area contributed by atoms with Crippen molar-refractivity contribution in [1.82, 2.24) is 5.32 Å². The van der Waals surface area contributed by atoms with Crippen molar-refractivity contribution in [3.8, 4) is 0 Å². The lowest BCUT2D eigenvalue weighted by Crippen LogP contribution is -2.30. The Morgan fingerprint density at radius 3 is 3.00 bits per heavy atom. The van der Waals surface area contributed by atoms with Crippen molar-refractivity contribution in [3.63, 3.8) is 0 Å². The molecule has 0 aromatic carbocycles. The molecule has 54 valence electrons. The van der Waals surface area contributed by atoms with Gasteiger partial charge in [0.15, 0.2) is 5.96 Å². The van der Waals surface area contributed by atoms with Crippen molar-refractivity contribution in [2.45, 2.75) is 0 Å². The first-order chi connectivity index (χ1) is 4.79. The monoisotopic (exact) mass is 141 g/mol. The van der Waals surface area contributed by atoms with Gasteiger partial charge in [0.1, 0.15) is 6.26 Å². The van der Waals surface area contributed by atoms with Crippen molar-refractivity contribution in [2.75, 3.05) is 0 Å². The number of guanidine groups is 1. The van der Waals surface area contributed by atoms with Gasteiger partial charge in [0, 0.05) is 6.08 Å².